The number of rotatable bonds is 8. The van der Waals surface area contributed by atoms with Gasteiger partial charge < -0.3 is 10.4 Å². The van der Waals surface area contributed by atoms with Crippen LogP contribution in [0, 0.1) is 5.92 Å². The first-order valence-electron chi connectivity index (χ1n) is 6.29. The van der Waals surface area contributed by atoms with Crippen LogP contribution < -0.4 is 5.32 Å². The number of hydrogen-bond donors (Lipinski definition) is 2. The van der Waals surface area contributed by atoms with Crippen LogP contribution in [-0.2, 0) is 5.75 Å². The van der Waals surface area contributed by atoms with Crippen molar-refractivity contribution in [3.8, 4) is 0 Å². The molecule has 0 aliphatic carbocycles. The van der Waals surface area contributed by atoms with Crippen molar-refractivity contribution in [1.29, 1.82) is 0 Å². The molecule has 0 radical (unpaired) electrons. The van der Waals surface area contributed by atoms with E-state index in [2.05, 4.69) is 19.2 Å². The molecule has 0 aliphatic heterocycles. The third-order valence-corrected chi connectivity index (χ3v) is 3.83. The Morgan fingerprint density at radius 2 is 1.89 bits per heavy atom. The van der Waals surface area contributed by atoms with E-state index in [0.29, 0.717) is 12.5 Å². The molecule has 0 saturated heterocycles. The maximum atomic E-state index is 9.78. The minimum atomic E-state index is -0.277. The van der Waals surface area contributed by atoms with Crippen LogP contribution in [0.3, 0.4) is 0 Å². The van der Waals surface area contributed by atoms with Crippen molar-refractivity contribution in [3.05, 3.63) is 34.9 Å². The summed E-state index contributed by atoms with van der Waals surface area (Å²) in [6, 6.07) is 7.85. The van der Waals surface area contributed by atoms with E-state index in [9.17, 15) is 5.11 Å². The first-order chi connectivity index (χ1) is 8.58. The van der Waals surface area contributed by atoms with Gasteiger partial charge in [-0.1, -0.05) is 37.6 Å². The van der Waals surface area contributed by atoms with Gasteiger partial charge in [-0.25, -0.2) is 0 Å². The average Bonchev–Trinajstić information content (AvgIpc) is 2.31. The van der Waals surface area contributed by atoms with Gasteiger partial charge in [0, 0.05) is 23.1 Å². The second-order valence-electron chi connectivity index (χ2n) is 4.85. The molecule has 0 saturated carbocycles. The van der Waals surface area contributed by atoms with E-state index in [1.54, 1.807) is 11.8 Å². The molecule has 0 heterocycles. The van der Waals surface area contributed by atoms with Crippen molar-refractivity contribution in [1.82, 2.24) is 5.32 Å². The molecule has 0 aromatic heterocycles. The first kappa shape index (κ1) is 15.8. The van der Waals surface area contributed by atoms with E-state index in [4.69, 9.17) is 11.6 Å². The molecular formula is C14H22ClNOS. The van der Waals surface area contributed by atoms with Gasteiger partial charge >= 0.3 is 0 Å². The van der Waals surface area contributed by atoms with Gasteiger partial charge in [0.05, 0.1) is 6.10 Å². The standard InChI is InChI=1S/C14H22ClNOS/c1-11(2)7-16-8-14(17)10-18-9-12-3-5-13(15)6-4-12/h3-6,11,14,16-17H,7-10H2,1-2H3. The van der Waals surface area contributed by atoms with E-state index in [0.717, 1.165) is 23.1 Å². The molecule has 4 heteroatoms. The molecule has 1 aromatic carbocycles. The highest BCUT2D eigenvalue weighted by molar-refractivity contribution is 7.98. The number of nitrogens with one attached hydrogen (secondary N) is 1. The van der Waals surface area contributed by atoms with Crippen LogP contribution in [0.4, 0.5) is 0 Å². The SMILES string of the molecule is CC(C)CNCC(O)CSCc1ccc(Cl)cc1. The van der Waals surface area contributed by atoms with Crippen molar-refractivity contribution in [2.75, 3.05) is 18.8 Å². The van der Waals surface area contributed by atoms with E-state index in [1.807, 2.05) is 24.3 Å². The number of aliphatic hydroxyl groups is 1. The summed E-state index contributed by atoms with van der Waals surface area (Å²) < 4.78 is 0. The van der Waals surface area contributed by atoms with E-state index < -0.39 is 0 Å². The fourth-order valence-electron chi connectivity index (χ4n) is 1.49. The molecule has 0 bridgehead atoms. The Morgan fingerprint density at radius 3 is 2.50 bits per heavy atom. The minimum absolute atomic E-state index is 0.277. The maximum absolute atomic E-state index is 9.78. The van der Waals surface area contributed by atoms with Gasteiger partial charge in [-0.05, 0) is 30.2 Å². The monoisotopic (exact) mass is 287 g/mol. The Bertz CT molecular complexity index is 329. The molecule has 18 heavy (non-hydrogen) atoms. The third-order valence-electron chi connectivity index (χ3n) is 2.42. The minimum Gasteiger partial charge on any atom is -0.391 e. The van der Waals surface area contributed by atoms with Gasteiger partial charge in [-0.2, -0.15) is 11.8 Å². The number of aliphatic hydroxyl groups excluding tert-OH is 1. The van der Waals surface area contributed by atoms with E-state index in [1.165, 1.54) is 5.56 Å². The molecule has 2 nitrogen and oxygen atoms in total. The van der Waals surface area contributed by atoms with Crippen molar-refractivity contribution in [3.63, 3.8) is 0 Å². The predicted molar refractivity (Wildman–Crippen MR) is 81.3 cm³/mol. The normalized spacial score (nSPS) is 12.9. The van der Waals surface area contributed by atoms with E-state index >= 15 is 0 Å². The van der Waals surface area contributed by atoms with Gasteiger partial charge in [0.15, 0.2) is 0 Å². The Balaban J connectivity index is 2.11. The summed E-state index contributed by atoms with van der Waals surface area (Å²) in [4.78, 5) is 0. The summed E-state index contributed by atoms with van der Waals surface area (Å²) in [5.74, 6) is 2.30. The van der Waals surface area contributed by atoms with Crippen molar-refractivity contribution >= 4 is 23.4 Å². The van der Waals surface area contributed by atoms with Crippen molar-refractivity contribution < 1.29 is 5.11 Å². The van der Waals surface area contributed by atoms with Gasteiger partial charge in [0.25, 0.3) is 0 Å². The summed E-state index contributed by atoms with van der Waals surface area (Å²) in [6.45, 7) is 5.95. The van der Waals surface area contributed by atoms with Gasteiger partial charge in [0.1, 0.15) is 0 Å². The Kier molecular flexibility index (Phi) is 7.75. The van der Waals surface area contributed by atoms with Crippen molar-refractivity contribution in [2.45, 2.75) is 25.7 Å². The highest BCUT2D eigenvalue weighted by Crippen LogP contribution is 2.16. The smallest absolute Gasteiger partial charge is 0.0754 e. The number of thioether (sulfide) groups is 1. The summed E-state index contributed by atoms with van der Waals surface area (Å²) in [7, 11) is 0. The predicted octanol–water partition coefficient (Wildman–Crippen LogP) is 3.18. The van der Waals surface area contributed by atoms with Gasteiger partial charge in [-0.3, -0.25) is 0 Å². The van der Waals surface area contributed by atoms with Crippen LogP contribution in [0.15, 0.2) is 24.3 Å². The number of benzene rings is 1. The molecule has 1 unspecified atom stereocenters. The summed E-state index contributed by atoms with van der Waals surface area (Å²) >= 11 is 7.57. The van der Waals surface area contributed by atoms with Gasteiger partial charge in [-0.15, -0.1) is 0 Å². The molecule has 2 N–H and O–H groups in total. The lowest BCUT2D eigenvalue weighted by Gasteiger charge is -2.12. The van der Waals surface area contributed by atoms with Crippen LogP contribution in [0.1, 0.15) is 19.4 Å². The Labute approximate surface area is 119 Å². The largest absolute Gasteiger partial charge is 0.391 e. The summed E-state index contributed by atoms with van der Waals surface area (Å²) in [6.07, 6.45) is -0.277. The Morgan fingerprint density at radius 1 is 1.22 bits per heavy atom. The third kappa shape index (κ3) is 7.27. The molecular weight excluding hydrogens is 266 g/mol. The van der Waals surface area contributed by atoms with Crippen LogP contribution in [-0.4, -0.2) is 30.1 Å². The molecule has 0 spiro atoms. The second kappa shape index (κ2) is 8.81. The lowest BCUT2D eigenvalue weighted by atomic mass is 10.2. The highest BCUT2D eigenvalue weighted by Gasteiger charge is 2.04. The van der Waals surface area contributed by atoms with Crippen LogP contribution in [0.5, 0.6) is 0 Å². The topological polar surface area (TPSA) is 32.3 Å². The van der Waals surface area contributed by atoms with Gasteiger partial charge in [0.2, 0.25) is 0 Å². The van der Waals surface area contributed by atoms with Crippen LogP contribution in [0.25, 0.3) is 0 Å². The summed E-state index contributed by atoms with van der Waals surface area (Å²) in [5.41, 5.74) is 1.24. The molecule has 102 valence electrons. The highest BCUT2D eigenvalue weighted by atomic mass is 35.5. The molecule has 1 aromatic rings. The molecule has 0 aliphatic rings. The quantitative estimate of drug-likeness (QED) is 0.770. The first-order valence-corrected chi connectivity index (χ1v) is 7.82. The number of hydrogen-bond acceptors (Lipinski definition) is 3. The fraction of sp³-hybridized carbons (Fsp3) is 0.571. The lowest BCUT2D eigenvalue weighted by Crippen LogP contribution is -2.31. The average molecular weight is 288 g/mol. The molecule has 1 rings (SSSR count). The summed E-state index contributed by atoms with van der Waals surface area (Å²) in [5, 5.41) is 13.8. The zero-order chi connectivity index (χ0) is 13.4. The maximum Gasteiger partial charge on any atom is 0.0754 e. The molecule has 0 fully saturated rings. The number of halogens is 1. The molecule has 0 amide bonds. The zero-order valence-corrected chi connectivity index (χ0v) is 12.6. The van der Waals surface area contributed by atoms with Crippen LogP contribution in [0.2, 0.25) is 5.02 Å². The fourth-order valence-corrected chi connectivity index (χ4v) is 2.55. The zero-order valence-electron chi connectivity index (χ0n) is 11.0. The van der Waals surface area contributed by atoms with Crippen LogP contribution >= 0.6 is 23.4 Å². The Hall–Kier alpha value is -0.220. The lowest BCUT2D eigenvalue weighted by molar-refractivity contribution is 0.194. The second-order valence-corrected chi connectivity index (χ2v) is 6.31. The van der Waals surface area contributed by atoms with E-state index in [-0.39, 0.29) is 6.10 Å². The molecule has 1 atom stereocenters. The van der Waals surface area contributed by atoms with Crippen molar-refractivity contribution in [2.24, 2.45) is 5.92 Å².